The zero-order valence-corrected chi connectivity index (χ0v) is 17.1. The first kappa shape index (κ1) is 18.9. The van der Waals surface area contributed by atoms with Crippen LogP contribution in [-0.4, -0.2) is 51.1 Å². The Kier molecular flexibility index (Phi) is 5.22. The maximum atomic E-state index is 11.7. The van der Waals surface area contributed by atoms with Crippen molar-refractivity contribution in [3.05, 3.63) is 48.0 Å². The maximum Gasteiger partial charge on any atom is 0.225 e. The maximum absolute atomic E-state index is 11.7. The summed E-state index contributed by atoms with van der Waals surface area (Å²) >= 11 is 0. The summed E-state index contributed by atoms with van der Waals surface area (Å²) in [5, 5.41) is 11.7. The lowest BCUT2D eigenvalue weighted by atomic mass is 9.64. The predicted molar refractivity (Wildman–Crippen MR) is 112 cm³/mol. The fourth-order valence-corrected chi connectivity index (χ4v) is 5.63. The topological polar surface area (TPSA) is 65.4 Å². The van der Waals surface area contributed by atoms with Gasteiger partial charge >= 0.3 is 0 Å². The van der Waals surface area contributed by atoms with Crippen molar-refractivity contribution < 1.29 is 5.11 Å². The molecule has 2 saturated heterocycles. The number of hydrogen-bond donors (Lipinski definition) is 1. The van der Waals surface area contributed by atoms with E-state index < -0.39 is 5.60 Å². The largest absolute Gasteiger partial charge is 0.383 e. The third kappa shape index (κ3) is 3.64. The SMILES string of the molecule is OC1(c2ccccn2)[C@@H]2CCC[C@@H]1CN(Cc1cnc(N3CCCCC3)nc1)C2. The smallest absolute Gasteiger partial charge is 0.225 e. The summed E-state index contributed by atoms with van der Waals surface area (Å²) in [5.74, 6) is 1.34. The first-order valence-corrected chi connectivity index (χ1v) is 11.2. The van der Waals surface area contributed by atoms with Gasteiger partial charge < -0.3 is 10.0 Å². The number of piperidine rings is 2. The molecule has 0 aromatic carbocycles. The van der Waals surface area contributed by atoms with E-state index in [0.29, 0.717) is 0 Å². The predicted octanol–water partition coefficient (Wildman–Crippen LogP) is 2.98. The van der Waals surface area contributed by atoms with Gasteiger partial charge in [0, 0.05) is 68.7 Å². The molecule has 2 aromatic rings. The highest BCUT2D eigenvalue weighted by Gasteiger charge is 2.52. The van der Waals surface area contributed by atoms with Crippen LogP contribution in [0.15, 0.2) is 36.8 Å². The van der Waals surface area contributed by atoms with Crippen LogP contribution in [0.2, 0.25) is 0 Å². The van der Waals surface area contributed by atoms with Crippen molar-refractivity contribution in [3.8, 4) is 0 Å². The van der Waals surface area contributed by atoms with Gasteiger partial charge in [-0.15, -0.1) is 0 Å². The third-order valence-corrected chi connectivity index (χ3v) is 7.12. The van der Waals surface area contributed by atoms with E-state index in [0.717, 1.165) is 62.8 Å². The van der Waals surface area contributed by atoms with Crippen molar-refractivity contribution in [2.24, 2.45) is 11.8 Å². The zero-order chi connectivity index (χ0) is 19.7. The Morgan fingerprint density at radius 1 is 0.931 bits per heavy atom. The Bertz CT molecular complexity index is 792. The first-order chi connectivity index (χ1) is 14.2. The third-order valence-electron chi connectivity index (χ3n) is 7.12. The van der Waals surface area contributed by atoms with Gasteiger partial charge in [-0.25, -0.2) is 9.97 Å². The lowest BCUT2D eigenvalue weighted by Crippen LogP contribution is -2.58. The van der Waals surface area contributed by atoms with Gasteiger partial charge in [0.05, 0.1) is 5.69 Å². The fourth-order valence-electron chi connectivity index (χ4n) is 5.63. The van der Waals surface area contributed by atoms with Crippen molar-refractivity contribution in [3.63, 3.8) is 0 Å². The summed E-state index contributed by atoms with van der Waals surface area (Å²) in [6.07, 6.45) is 12.9. The highest BCUT2D eigenvalue weighted by Crippen LogP contribution is 2.48. The Hall–Kier alpha value is -2.05. The summed E-state index contributed by atoms with van der Waals surface area (Å²) < 4.78 is 0. The summed E-state index contributed by atoms with van der Waals surface area (Å²) in [5.41, 5.74) is 1.22. The van der Waals surface area contributed by atoms with Crippen LogP contribution in [0.5, 0.6) is 0 Å². The van der Waals surface area contributed by atoms with Crippen LogP contribution in [0.25, 0.3) is 0 Å². The number of fused-ring (bicyclic) bond motifs is 2. The molecule has 3 aliphatic rings. The van der Waals surface area contributed by atoms with E-state index in [1.807, 2.05) is 30.6 Å². The van der Waals surface area contributed by atoms with Gasteiger partial charge in [-0.05, 0) is 44.2 Å². The molecule has 1 saturated carbocycles. The molecule has 6 nitrogen and oxygen atoms in total. The number of likely N-dealkylation sites (tertiary alicyclic amines) is 1. The summed E-state index contributed by atoms with van der Waals surface area (Å²) in [6.45, 7) is 4.79. The average Bonchev–Trinajstić information content (AvgIpc) is 2.76. The van der Waals surface area contributed by atoms with Gasteiger partial charge in [-0.2, -0.15) is 0 Å². The van der Waals surface area contributed by atoms with Crippen LogP contribution in [0.4, 0.5) is 5.95 Å². The number of rotatable bonds is 4. The standard InChI is InChI=1S/C23H31N5O/c29-23(21-9-2-3-10-24-21)19-7-6-8-20(23)17-27(16-19)15-18-13-25-22(26-14-18)28-11-4-1-5-12-28/h2-3,9-10,13-14,19-20,29H,1,4-8,11-12,15-17H2/t19-,20-/m1/s1. The van der Waals surface area contributed by atoms with E-state index in [2.05, 4.69) is 24.8 Å². The number of nitrogens with zero attached hydrogens (tertiary/aromatic N) is 5. The highest BCUT2D eigenvalue weighted by molar-refractivity contribution is 5.30. The molecule has 2 atom stereocenters. The molecule has 5 rings (SSSR count). The lowest BCUT2D eigenvalue weighted by Gasteiger charge is -2.52. The first-order valence-electron chi connectivity index (χ1n) is 11.2. The van der Waals surface area contributed by atoms with Crippen LogP contribution in [0.3, 0.4) is 0 Å². The molecular weight excluding hydrogens is 362 g/mol. The molecule has 2 bridgehead atoms. The number of hydrogen-bond acceptors (Lipinski definition) is 6. The van der Waals surface area contributed by atoms with Gasteiger partial charge in [0.2, 0.25) is 5.95 Å². The van der Waals surface area contributed by atoms with Crippen molar-refractivity contribution in [1.29, 1.82) is 0 Å². The molecule has 6 heteroatoms. The number of anilines is 1. The quantitative estimate of drug-likeness (QED) is 0.862. The summed E-state index contributed by atoms with van der Waals surface area (Å²) in [6, 6.07) is 5.91. The van der Waals surface area contributed by atoms with E-state index in [1.165, 1.54) is 25.7 Å². The Morgan fingerprint density at radius 3 is 2.31 bits per heavy atom. The van der Waals surface area contributed by atoms with Gasteiger partial charge in [-0.1, -0.05) is 12.5 Å². The van der Waals surface area contributed by atoms with Crippen LogP contribution < -0.4 is 4.90 Å². The zero-order valence-electron chi connectivity index (χ0n) is 17.1. The second kappa shape index (κ2) is 8.00. The molecular formula is C23H31N5O. The van der Waals surface area contributed by atoms with Crippen molar-refractivity contribution in [2.75, 3.05) is 31.1 Å². The molecule has 29 heavy (non-hydrogen) atoms. The highest BCUT2D eigenvalue weighted by atomic mass is 16.3. The monoisotopic (exact) mass is 393 g/mol. The number of aliphatic hydroxyl groups is 1. The van der Waals surface area contributed by atoms with Crippen molar-refractivity contribution >= 4 is 5.95 Å². The summed E-state index contributed by atoms with van der Waals surface area (Å²) in [7, 11) is 0. The molecule has 4 heterocycles. The molecule has 0 unspecified atom stereocenters. The van der Waals surface area contributed by atoms with E-state index in [9.17, 15) is 5.11 Å². The van der Waals surface area contributed by atoms with Gasteiger partial charge in [0.1, 0.15) is 5.60 Å². The van der Waals surface area contributed by atoms with Gasteiger partial charge in [0.25, 0.3) is 0 Å². The van der Waals surface area contributed by atoms with Gasteiger partial charge in [-0.3, -0.25) is 9.88 Å². The Morgan fingerprint density at radius 2 is 1.66 bits per heavy atom. The van der Waals surface area contributed by atoms with E-state index in [-0.39, 0.29) is 11.8 Å². The molecule has 0 spiro atoms. The molecule has 0 radical (unpaired) electrons. The lowest BCUT2D eigenvalue weighted by molar-refractivity contribution is -0.151. The van der Waals surface area contributed by atoms with Crippen LogP contribution >= 0.6 is 0 Å². The van der Waals surface area contributed by atoms with E-state index >= 15 is 0 Å². The van der Waals surface area contributed by atoms with Gasteiger partial charge in [0.15, 0.2) is 0 Å². The second-order valence-electron chi connectivity index (χ2n) is 9.00. The second-order valence-corrected chi connectivity index (χ2v) is 9.00. The number of pyridine rings is 1. The molecule has 2 aromatic heterocycles. The van der Waals surface area contributed by atoms with Crippen LogP contribution in [0, 0.1) is 11.8 Å². The molecule has 1 N–H and O–H groups in total. The molecule has 154 valence electrons. The van der Waals surface area contributed by atoms with Crippen molar-refractivity contribution in [1.82, 2.24) is 19.9 Å². The Labute approximate surface area is 173 Å². The minimum absolute atomic E-state index is 0.235. The normalized spacial score (nSPS) is 30.3. The van der Waals surface area contributed by atoms with E-state index in [4.69, 9.17) is 0 Å². The fraction of sp³-hybridized carbons (Fsp3) is 0.609. The van der Waals surface area contributed by atoms with Crippen molar-refractivity contribution in [2.45, 2.75) is 50.7 Å². The Balaban J connectivity index is 1.28. The molecule has 3 fully saturated rings. The molecule has 0 amide bonds. The van der Waals surface area contributed by atoms with E-state index in [1.54, 1.807) is 6.20 Å². The number of aromatic nitrogens is 3. The minimum Gasteiger partial charge on any atom is -0.383 e. The summed E-state index contributed by atoms with van der Waals surface area (Å²) in [4.78, 5) is 18.6. The van der Waals surface area contributed by atoms with Crippen LogP contribution in [0.1, 0.15) is 49.8 Å². The van der Waals surface area contributed by atoms with Crippen LogP contribution in [-0.2, 0) is 12.1 Å². The minimum atomic E-state index is -0.787. The average molecular weight is 394 g/mol. The molecule has 2 aliphatic heterocycles. The molecule has 1 aliphatic carbocycles.